The number of carbonyl (C=O) groups excluding carboxylic acids is 1. The van der Waals surface area contributed by atoms with Gasteiger partial charge in [0.05, 0.1) is 12.2 Å². The summed E-state index contributed by atoms with van der Waals surface area (Å²) >= 11 is 0. The van der Waals surface area contributed by atoms with Crippen LogP contribution in [0, 0.1) is 0 Å². The number of aryl methyl sites for hydroxylation is 1. The fourth-order valence-electron chi connectivity index (χ4n) is 1.68. The van der Waals surface area contributed by atoms with Gasteiger partial charge in [0.25, 0.3) is 0 Å². The molecule has 7 heteroatoms. The van der Waals surface area contributed by atoms with Crippen LogP contribution in [-0.2, 0) is 16.6 Å². The largest absolute Gasteiger partial charge is 0.479 e. The van der Waals surface area contributed by atoms with Crippen molar-refractivity contribution in [3.63, 3.8) is 0 Å². The number of aromatic nitrogens is 2. The zero-order valence-corrected chi connectivity index (χ0v) is 11.2. The quantitative estimate of drug-likeness (QED) is 0.653. The number of carbonyl (C=O) groups is 2. The van der Waals surface area contributed by atoms with Gasteiger partial charge in [0.15, 0.2) is 6.04 Å². The van der Waals surface area contributed by atoms with Crippen LogP contribution in [0.3, 0.4) is 0 Å². The molecule has 0 fully saturated rings. The van der Waals surface area contributed by atoms with Crippen molar-refractivity contribution in [3.8, 4) is 0 Å². The van der Waals surface area contributed by atoms with Crippen molar-refractivity contribution in [1.29, 1.82) is 0 Å². The van der Waals surface area contributed by atoms with Crippen LogP contribution < -0.4 is 11.1 Å². The van der Waals surface area contributed by atoms with Gasteiger partial charge in [0.2, 0.25) is 5.91 Å². The molecule has 0 saturated carbocycles. The second kappa shape index (κ2) is 6.89. The van der Waals surface area contributed by atoms with E-state index in [0.717, 1.165) is 12.8 Å². The Labute approximate surface area is 111 Å². The number of amides is 1. The highest BCUT2D eigenvalue weighted by Gasteiger charge is 2.25. The Morgan fingerprint density at radius 2 is 2.26 bits per heavy atom. The summed E-state index contributed by atoms with van der Waals surface area (Å²) in [6.45, 7) is 2.00. The van der Waals surface area contributed by atoms with Crippen molar-refractivity contribution >= 4 is 11.9 Å². The Hall–Kier alpha value is -1.89. The van der Waals surface area contributed by atoms with Crippen LogP contribution in [0.2, 0.25) is 0 Å². The predicted octanol–water partition coefficient (Wildman–Crippen LogP) is 0.180. The van der Waals surface area contributed by atoms with Gasteiger partial charge in [0, 0.05) is 18.8 Å². The minimum atomic E-state index is -1.14. The number of carboxylic acid groups (broad SMARTS) is 1. The lowest BCUT2D eigenvalue weighted by Gasteiger charge is -2.16. The van der Waals surface area contributed by atoms with Crippen LogP contribution in [0.25, 0.3) is 0 Å². The molecule has 0 aliphatic carbocycles. The molecule has 0 saturated heterocycles. The Morgan fingerprint density at radius 1 is 1.58 bits per heavy atom. The first-order chi connectivity index (χ1) is 8.95. The summed E-state index contributed by atoms with van der Waals surface area (Å²) in [5.74, 6) is -1.59. The third-order valence-electron chi connectivity index (χ3n) is 2.80. The van der Waals surface area contributed by atoms with Crippen LogP contribution in [0.4, 0.5) is 0 Å². The first-order valence-corrected chi connectivity index (χ1v) is 6.23. The Balaban J connectivity index is 2.69. The number of rotatable bonds is 7. The summed E-state index contributed by atoms with van der Waals surface area (Å²) in [5.41, 5.74) is 6.13. The molecule has 0 aromatic carbocycles. The van der Waals surface area contributed by atoms with Gasteiger partial charge in [0.1, 0.15) is 0 Å². The monoisotopic (exact) mass is 268 g/mol. The maximum absolute atomic E-state index is 11.8. The zero-order valence-electron chi connectivity index (χ0n) is 11.2. The molecule has 0 radical (unpaired) electrons. The summed E-state index contributed by atoms with van der Waals surface area (Å²) in [7, 11) is 1.68. The second-order valence-electron chi connectivity index (χ2n) is 4.48. The molecular formula is C12H20N4O3. The number of carboxylic acids is 1. The van der Waals surface area contributed by atoms with Gasteiger partial charge >= 0.3 is 5.97 Å². The summed E-state index contributed by atoms with van der Waals surface area (Å²) in [5, 5.41) is 15.5. The van der Waals surface area contributed by atoms with Crippen LogP contribution in [0.15, 0.2) is 12.4 Å². The molecule has 0 bridgehead atoms. The van der Waals surface area contributed by atoms with Crippen molar-refractivity contribution in [2.45, 2.75) is 38.3 Å². The summed E-state index contributed by atoms with van der Waals surface area (Å²) < 4.78 is 1.48. The second-order valence-corrected chi connectivity index (χ2v) is 4.48. The predicted molar refractivity (Wildman–Crippen MR) is 69.2 cm³/mol. The highest BCUT2D eigenvalue weighted by atomic mass is 16.4. The normalized spacial score (nSPS) is 13.8. The van der Waals surface area contributed by atoms with E-state index in [2.05, 4.69) is 10.4 Å². The molecule has 2 atom stereocenters. The fourth-order valence-corrected chi connectivity index (χ4v) is 1.68. The van der Waals surface area contributed by atoms with E-state index in [1.165, 1.54) is 10.9 Å². The van der Waals surface area contributed by atoms with E-state index in [1.807, 2.05) is 6.92 Å². The van der Waals surface area contributed by atoms with Crippen LogP contribution in [0.5, 0.6) is 0 Å². The molecule has 0 aliphatic heterocycles. The van der Waals surface area contributed by atoms with Crippen LogP contribution in [-0.4, -0.2) is 32.8 Å². The molecular weight excluding hydrogens is 248 g/mol. The average molecular weight is 268 g/mol. The van der Waals surface area contributed by atoms with Crippen molar-refractivity contribution in [2.24, 2.45) is 12.8 Å². The number of hydrogen-bond acceptors (Lipinski definition) is 4. The summed E-state index contributed by atoms with van der Waals surface area (Å²) in [6, 6.07) is -1.80. The maximum atomic E-state index is 11.8. The Bertz CT molecular complexity index is 444. The van der Waals surface area contributed by atoms with Gasteiger partial charge in [-0.2, -0.15) is 5.10 Å². The number of unbranched alkanes of at least 4 members (excludes halogenated alkanes) is 1. The van der Waals surface area contributed by atoms with E-state index < -0.39 is 24.0 Å². The average Bonchev–Trinajstić information content (AvgIpc) is 2.78. The number of aliphatic carboxylic acids is 1. The molecule has 106 valence electrons. The molecule has 1 amide bonds. The first kappa shape index (κ1) is 15.2. The summed E-state index contributed by atoms with van der Waals surface area (Å²) in [6.07, 6.45) is 5.28. The lowest BCUT2D eigenvalue weighted by atomic mass is 10.1. The van der Waals surface area contributed by atoms with Gasteiger partial charge in [-0.05, 0) is 6.42 Å². The minimum Gasteiger partial charge on any atom is -0.479 e. The first-order valence-electron chi connectivity index (χ1n) is 6.23. The number of nitrogens with two attached hydrogens (primary N) is 1. The van der Waals surface area contributed by atoms with Gasteiger partial charge in [-0.25, -0.2) is 4.79 Å². The van der Waals surface area contributed by atoms with E-state index in [-0.39, 0.29) is 0 Å². The highest BCUT2D eigenvalue weighted by Crippen LogP contribution is 2.12. The number of nitrogens with zero attached hydrogens (tertiary/aromatic N) is 2. The highest BCUT2D eigenvalue weighted by molar-refractivity contribution is 5.87. The van der Waals surface area contributed by atoms with Gasteiger partial charge in [-0.1, -0.05) is 19.8 Å². The Morgan fingerprint density at radius 3 is 2.74 bits per heavy atom. The lowest BCUT2D eigenvalue weighted by molar-refractivity contribution is -0.142. The topological polar surface area (TPSA) is 110 Å². The van der Waals surface area contributed by atoms with Crippen LogP contribution in [0.1, 0.15) is 37.8 Å². The fraction of sp³-hybridized carbons (Fsp3) is 0.583. The van der Waals surface area contributed by atoms with E-state index in [4.69, 9.17) is 10.8 Å². The molecule has 1 rings (SSSR count). The molecule has 7 nitrogen and oxygen atoms in total. The van der Waals surface area contributed by atoms with Crippen molar-refractivity contribution in [1.82, 2.24) is 15.1 Å². The van der Waals surface area contributed by atoms with Crippen molar-refractivity contribution in [2.75, 3.05) is 0 Å². The molecule has 2 unspecified atom stereocenters. The van der Waals surface area contributed by atoms with E-state index >= 15 is 0 Å². The molecule has 0 spiro atoms. The Kier molecular flexibility index (Phi) is 5.50. The van der Waals surface area contributed by atoms with Gasteiger partial charge in [-0.15, -0.1) is 0 Å². The summed E-state index contributed by atoms with van der Waals surface area (Å²) in [4.78, 5) is 23.0. The van der Waals surface area contributed by atoms with E-state index in [9.17, 15) is 9.59 Å². The molecule has 1 aromatic rings. The zero-order chi connectivity index (χ0) is 14.4. The molecule has 1 heterocycles. The van der Waals surface area contributed by atoms with E-state index in [0.29, 0.717) is 12.0 Å². The maximum Gasteiger partial charge on any atom is 0.331 e. The minimum absolute atomic E-state index is 0.422. The molecule has 19 heavy (non-hydrogen) atoms. The third kappa shape index (κ3) is 4.36. The lowest BCUT2D eigenvalue weighted by Crippen LogP contribution is -2.44. The van der Waals surface area contributed by atoms with Crippen molar-refractivity contribution in [3.05, 3.63) is 18.0 Å². The van der Waals surface area contributed by atoms with Gasteiger partial charge < -0.3 is 16.2 Å². The van der Waals surface area contributed by atoms with Crippen LogP contribution >= 0.6 is 0 Å². The standard InChI is InChI=1S/C12H20N4O3/c1-3-4-5-9(13)11(17)15-10(12(18)19)8-6-14-16(2)7-8/h6-7,9-10H,3-5,13H2,1-2H3,(H,15,17)(H,18,19). The molecule has 4 N–H and O–H groups in total. The molecule has 1 aromatic heterocycles. The smallest absolute Gasteiger partial charge is 0.331 e. The third-order valence-corrected chi connectivity index (χ3v) is 2.80. The molecule has 0 aliphatic rings. The van der Waals surface area contributed by atoms with E-state index in [1.54, 1.807) is 13.2 Å². The number of hydrogen-bond donors (Lipinski definition) is 3. The number of nitrogens with one attached hydrogen (secondary N) is 1. The SMILES string of the molecule is CCCCC(N)C(=O)NC(C(=O)O)c1cnn(C)c1. The van der Waals surface area contributed by atoms with Crippen molar-refractivity contribution < 1.29 is 14.7 Å². The van der Waals surface area contributed by atoms with Gasteiger partial charge in [-0.3, -0.25) is 9.48 Å².